The number of carbonyl (C=O) groups is 3. The van der Waals surface area contributed by atoms with Crippen LogP contribution < -0.4 is 5.32 Å². The van der Waals surface area contributed by atoms with Crippen molar-refractivity contribution in [2.24, 2.45) is 5.92 Å². The lowest BCUT2D eigenvalue weighted by Crippen LogP contribution is -2.53. The predicted molar refractivity (Wildman–Crippen MR) is 103 cm³/mol. The molecule has 2 aliphatic heterocycles. The second kappa shape index (κ2) is 9.04. The van der Waals surface area contributed by atoms with E-state index in [0.29, 0.717) is 51.7 Å². The molecule has 27 heavy (non-hydrogen) atoms. The summed E-state index contributed by atoms with van der Waals surface area (Å²) in [6.07, 6.45) is 5.85. The van der Waals surface area contributed by atoms with Crippen LogP contribution in [-0.4, -0.2) is 83.8 Å². The minimum Gasteiger partial charge on any atom is -0.353 e. The van der Waals surface area contributed by atoms with Gasteiger partial charge >= 0.3 is 0 Å². The van der Waals surface area contributed by atoms with Crippen LogP contribution >= 0.6 is 0 Å². The molecule has 0 radical (unpaired) electrons. The second-order valence-electron chi connectivity index (χ2n) is 8.36. The summed E-state index contributed by atoms with van der Waals surface area (Å²) in [6, 6.07) is 0.555. The molecule has 2 atom stereocenters. The number of likely N-dealkylation sites (tertiary alicyclic amines) is 1. The Morgan fingerprint density at radius 2 is 1.81 bits per heavy atom. The molecule has 2 heterocycles. The first kappa shape index (κ1) is 20.1. The Hall–Kier alpha value is -1.63. The molecular weight excluding hydrogens is 344 g/mol. The van der Waals surface area contributed by atoms with Crippen molar-refractivity contribution in [1.82, 2.24) is 20.0 Å². The van der Waals surface area contributed by atoms with Crippen molar-refractivity contribution in [2.75, 3.05) is 39.3 Å². The molecule has 0 aromatic heterocycles. The van der Waals surface area contributed by atoms with Gasteiger partial charge in [-0.25, -0.2) is 0 Å². The van der Waals surface area contributed by atoms with E-state index < -0.39 is 0 Å². The third-order valence-corrected chi connectivity index (χ3v) is 6.34. The molecule has 0 bridgehead atoms. The smallest absolute Gasteiger partial charge is 0.234 e. The lowest BCUT2D eigenvalue weighted by Gasteiger charge is -2.35. The van der Waals surface area contributed by atoms with Gasteiger partial charge in [0.1, 0.15) is 0 Å². The van der Waals surface area contributed by atoms with E-state index in [4.69, 9.17) is 0 Å². The minimum absolute atomic E-state index is 0.0534. The van der Waals surface area contributed by atoms with E-state index in [-0.39, 0.29) is 29.7 Å². The highest BCUT2D eigenvalue weighted by molar-refractivity contribution is 5.89. The second-order valence-corrected chi connectivity index (χ2v) is 8.36. The predicted octanol–water partition coefficient (Wildman–Crippen LogP) is 0.836. The van der Waals surface area contributed by atoms with Crippen LogP contribution in [0.3, 0.4) is 0 Å². The van der Waals surface area contributed by atoms with Gasteiger partial charge in [-0.2, -0.15) is 0 Å². The van der Waals surface area contributed by atoms with Crippen LogP contribution in [0.25, 0.3) is 0 Å². The van der Waals surface area contributed by atoms with Gasteiger partial charge in [0.15, 0.2) is 0 Å². The number of rotatable bonds is 6. The molecule has 3 amide bonds. The first-order chi connectivity index (χ1) is 13.0. The Morgan fingerprint density at radius 3 is 2.44 bits per heavy atom. The monoisotopic (exact) mass is 378 g/mol. The summed E-state index contributed by atoms with van der Waals surface area (Å²) in [5, 5.41) is 2.99. The summed E-state index contributed by atoms with van der Waals surface area (Å²) in [6.45, 7) is 7.76. The average molecular weight is 379 g/mol. The van der Waals surface area contributed by atoms with Crippen molar-refractivity contribution >= 4 is 17.7 Å². The number of nitrogens with zero attached hydrogens (tertiary/aromatic N) is 3. The first-order valence-electron chi connectivity index (χ1n) is 10.6. The maximum atomic E-state index is 12.9. The Balaban J connectivity index is 1.43. The summed E-state index contributed by atoms with van der Waals surface area (Å²) in [4.78, 5) is 43.2. The molecule has 0 aromatic carbocycles. The van der Waals surface area contributed by atoms with E-state index in [1.54, 1.807) is 0 Å². The molecule has 1 aliphatic carbocycles. The third kappa shape index (κ3) is 5.00. The summed E-state index contributed by atoms with van der Waals surface area (Å²) >= 11 is 0. The Bertz CT molecular complexity index is 553. The van der Waals surface area contributed by atoms with Gasteiger partial charge < -0.3 is 15.1 Å². The van der Waals surface area contributed by atoms with Crippen LogP contribution in [-0.2, 0) is 14.4 Å². The standard InChI is InChI=1S/C20H34N4O3/c1-3-15(2)21-18(25)14-22-8-10-23(11-9-22)20(27)16-12-19(26)24(13-16)17-6-4-5-7-17/h15-17H,3-14H2,1-2H3,(H,21,25). The molecule has 3 rings (SSSR count). The average Bonchev–Trinajstić information content (AvgIpc) is 3.31. The number of piperazine rings is 1. The molecule has 0 aromatic rings. The zero-order chi connectivity index (χ0) is 19.4. The van der Waals surface area contributed by atoms with E-state index in [1.807, 2.05) is 16.7 Å². The van der Waals surface area contributed by atoms with Crippen LogP contribution in [0.15, 0.2) is 0 Å². The maximum Gasteiger partial charge on any atom is 0.234 e. The molecule has 2 unspecified atom stereocenters. The highest BCUT2D eigenvalue weighted by Crippen LogP contribution is 2.30. The number of hydrogen-bond acceptors (Lipinski definition) is 4. The van der Waals surface area contributed by atoms with Crippen LogP contribution in [0, 0.1) is 5.92 Å². The Kier molecular flexibility index (Phi) is 6.73. The van der Waals surface area contributed by atoms with Crippen molar-refractivity contribution in [2.45, 2.75) is 64.5 Å². The normalized spacial score (nSPS) is 25.9. The minimum atomic E-state index is -0.182. The SMILES string of the molecule is CCC(C)NC(=O)CN1CCN(C(=O)C2CC(=O)N(C3CCCC3)C2)CC1. The topological polar surface area (TPSA) is 73.0 Å². The van der Waals surface area contributed by atoms with Gasteiger partial charge in [-0.3, -0.25) is 19.3 Å². The molecular formula is C20H34N4O3. The Morgan fingerprint density at radius 1 is 1.15 bits per heavy atom. The quantitative estimate of drug-likeness (QED) is 0.743. The van der Waals surface area contributed by atoms with Crippen molar-refractivity contribution in [3.63, 3.8) is 0 Å². The molecule has 2 saturated heterocycles. The summed E-state index contributed by atoms with van der Waals surface area (Å²) in [5.41, 5.74) is 0. The molecule has 0 spiro atoms. The third-order valence-electron chi connectivity index (χ3n) is 6.34. The number of nitrogens with one attached hydrogen (secondary N) is 1. The first-order valence-corrected chi connectivity index (χ1v) is 10.6. The lowest BCUT2D eigenvalue weighted by atomic mass is 10.1. The van der Waals surface area contributed by atoms with Crippen molar-refractivity contribution in [1.29, 1.82) is 0 Å². The fourth-order valence-electron chi connectivity index (χ4n) is 4.48. The fourth-order valence-corrected chi connectivity index (χ4v) is 4.48. The van der Waals surface area contributed by atoms with Gasteiger partial charge in [-0.15, -0.1) is 0 Å². The molecule has 1 N–H and O–H groups in total. The molecule has 1 saturated carbocycles. The zero-order valence-electron chi connectivity index (χ0n) is 16.8. The molecule has 152 valence electrons. The van der Waals surface area contributed by atoms with E-state index in [9.17, 15) is 14.4 Å². The van der Waals surface area contributed by atoms with Crippen molar-refractivity contribution in [3.05, 3.63) is 0 Å². The van der Waals surface area contributed by atoms with Crippen LogP contribution in [0.5, 0.6) is 0 Å². The summed E-state index contributed by atoms with van der Waals surface area (Å²) in [7, 11) is 0. The fraction of sp³-hybridized carbons (Fsp3) is 0.850. The summed E-state index contributed by atoms with van der Waals surface area (Å²) in [5.74, 6) is 0.143. The van der Waals surface area contributed by atoms with Crippen LogP contribution in [0.2, 0.25) is 0 Å². The van der Waals surface area contributed by atoms with E-state index in [2.05, 4.69) is 17.1 Å². The van der Waals surface area contributed by atoms with Gasteiger partial charge in [-0.05, 0) is 26.2 Å². The Labute approximate surface area is 162 Å². The molecule has 7 nitrogen and oxygen atoms in total. The maximum absolute atomic E-state index is 12.9. The molecule has 3 aliphatic rings. The van der Waals surface area contributed by atoms with Crippen LogP contribution in [0.1, 0.15) is 52.4 Å². The van der Waals surface area contributed by atoms with Crippen molar-refractivity contribution < 1.29 is 14.4 Å². The van der Waals surface area contributed by atoms with Gasteiger partial charge in [0.2, 0.25) is 17.7 Å². The van der Waals surface area contributed by atoms with Crippen molar-refractivity contribution in [3.8, 4) is 0 Å². The zero-order valence-corrected chi connectivity index (χ0v) is 16.8. The van der Waals surface area contributed by atoms with E-state index in [1.165, 1.54) is 12.8 Å². The number of carbonyl (C=O) groups excluding carboxylic acids is 3. The largest absolute Gasteiger partial charge is 0.353 e. The van der Waals surface area contributed by atoms with Crippen LogP contribution in [0.4, 0.5) is 0 Å². The van der Waals surface area contributed by atoms with E-state index >= 15 is 0 Å². The highest BCUT2D eigenvalue weighted by atomic mass is 16.2. The van der Waals surface area contributed by atoms with Gasteiger partial charge in [0, 0.05) is 51.2 Å². The van der Waals surface area contributed by atoms with Gasteiger partial charge in [0.25, 0.3) is 0 Å². The molecule has 3 fully saturated rings. The van der Waals surface area contributed by atoms with E-state index in [0.717, 1.165) is 19.3 Å². The highest BCUT2D eigenvalue weighted by Gasteiger charge is 2.40. The van der Waals surface area contributed by atoms with Gasteiger partial charge in [0.05, 0.1) is 12.5 Å². The summed E-state index contributed by atoms with van der Waals surface area (Å²) < 4.78 is 0. The molecule has 7 heteroatoms. The lowest BCUT2D eigenvalue weighted by molar-refractivity contribution is -0.137. The van der Waals surface area contributed by atoms with Gasteiger partial charge in [-0.1, -0.05) is 19.8 Å². The number of amides is 3. The number of hydrogen-bond donors (Lipinski definition) is 1.